The van der Waals surface area contributed by atoms with Crippen molar-refractivity contribution in [1.29, 1.82) is 0 Å². The third-order valence-corrected chi connectivity index (χ3v) is 1.55. The average Bonchev–Trinajstić information content (AvgIpc) is 2.52. The van der Waals surface area contributed by atoms with Crippen LogP contribution in [0.1, 0.15) is 12.7 Å². The van der Waals surface area contributed by atoms with Gasteiger partial charge < -0.3 is 9.73 Å². The van der Waals surface area contributed by atoms with Crippen LogP contribution >= 0.6 is 0 Å². The minimum atomic E-state index is 0.389. The van der Waals surface area contributed by atoms with Gasteiger partial charge in [0.25, 0.3) is 0 Å². The zero-order valence-corrected chi connectivity index (χ0v) is 6.87. The van der Waals surface area contributed by atoms with E-state index in [1.165, 1.54) is 0 Å². The van der Waals surface area contributed by atoms with Gasteiger partial charge in [-0.1, -0.05) is 6.08 Å². The topological polar surface area (TPSA) is 25.2 Å². The van der Waals surface area contributed by atoms with Crippen molar-refractivity contribution < 1.29 is 4.42 Å². The smallest absolute Gasteiger partial charge is 0.126 e. The molecule has 2 heteroatoms. The van der Waals surface area contributed by atoms with Crippen LogP contribution in [0.3, 0.4) is 0 Å². The van der Waals surface area contributed by atoms with Gasteiger partial charge in [0.05, 0.1) is 6.26 Å². The lowest BCUT2D eigenvalue weighted by Crippen LogP contribution is -2.17. The van der Waals surface area contributed by atoms with E-state index in [2.05, 4.69) is 18.3 Å². The first-order valence-corrected chi connectivity index (χ1v) is 3.72. The molecule has 0 amide bonds. The summed E-state index contributed by atoms with van der Waals surface area (Å²) in [7, 11) is 1.93. The van der Waals surface area contributed by atoms with E-state index in [0.717, 1.165) is 5.76 Å². The molecule has 0 aliphatic rings. The van der Waals surface area contributed by atoms with E-state index in [1.807, 2.05) is 25.3 Å². The van der Waals surface area contributed by atoms with Gasteiger partial charge in [-0.15, -0.1) is 0 Å². The summed E-state index contributed by atoms with van der Waals surface area (Å²) >= 11 is 0. The highest BCUT2D eigenvalue weighted by Crippen LogP contribution is 2.02. The van der Waals surface area contributed by atoms with Gasteiger partial charge in [0.15, 0.2) is 0 Å². The molecule has 0 saturated heterocycles. The molecule has 1 aromatic heterocycles. The summed E-state index contributed by atoms with van der Waals surface area (Å²) in [5.41, 5.74) is 0. The quantitative estimate of drug-likeness (QED) is 0.713. The van der Waals surface area contributed by atoms with Crippen LogP contribution in [0.15, 0.2) is 28.9 Å². The highest BCUT2D eigenvalue weighted by molar-refractivity contribution is 5.42. The molecule has 0 fully saturated rings. The number of furan rings is 1. The van der Waals surface area contributed by atoms with E-state index in [4.69, 9.17) is 4.42 Å². The van der Waals surface area contributed by atoms with Gasteiger partial charge in [-0.05, 0) is 32.2 Å². The molecule has 1 atom stereocenters. The summed E-state index contributed by atoms with van der Waals surface area (Å²) in [5, 5.41) is 3.10. The Morgan fingerprint density at radius 2 is 2.45 bits per heavy atom. The second-order valence-corrected chi connectivity index (χ2v) is 2.45. The predicted molar refractivity (Wildman–Crippen MR) is 46.3 cm³/mol. The van der Waals surface area contributed by atoms with Crippen LogP contribution in [0.25, 0.3) is 6.08 Å². The van der Waals surface area contributed by atoms with E-state index >= 15 is 0 Å². The molecule has 11 heavy (non-hydrogen) atoms. The van der Waals surface area contributed by atoms with E-state index in [0.29, 0.717) is 6.04 Å². The van der Waals surface area contributed by atoms with Crippen molar-refractivity contribution in [2.24, 2.45) is 0 Å². The first kappa shape index (κ1) is 8.08. The largest absolute Gasteiger partial charge is 0.465 e. The molecule has 1 aromatic rings. The molecule has 0 radical (unpaired) electrons. The van der Waals surface area contributed by atoms with Crippen molar-refractivity contribution in [2.45, 2.75) is 13.0 Å². The first-order valence-electron chi connectivity index (χ1n) is 3.72. The summed E-state index contributed by atoms with van der Waals surface area (Å²) in [4.78, 5) is 0. The van der Waals surface area contributed by atoms with Gasteiger partial charge in [0.1, 0.15) is 5.76 Å². The monoisotopic (exact) mass is 151 g/mol. The molecule has 0 bridgehead atoms. The highest BCUT2D eigenvalue weighted by atomic mass is 16.3. The number of hydrogen-bond acceptors (Lipinski definition) is 2. The number of nitrogens with one attached hydrogen (secondary N) is 1. The van der Waals surface area contributed by atoms with E-state index in [-0.39, 0.29) is 0 Å². The fourth-order valence-corrected chi connectivity index (χ4v) is 0.721. The normalized spacial score (nSPS) is 14.0. The lowest BCUT2D eigenvalue weighted by atomic mass is 10.3. The van der Waals surface area contributed by atoms with Gasteiger partial charge in [-0.3, -0.25) is 0 Å². The Hall–Kier alpha value is -1.02. The van der Waals surface area contributed by atoms with Crippen LogP contribution < -0.4 is 5.32 Å². The molecule has 60 valence electrons. The maximum atomic E-state index is 5.11. The Labute approximate surface area is 66.9 Å². The Morgan fingerprint density at radius 3 is 3.00 bits per heavy atom. The second-order valence-electron chi connectivity index (χ2n) is 2.45. The molecule has 0 saturated carbocycles. The fourth-order valence-electron chi connectivity index (χ4n) is 0.721. The lowest BCUT2D eigenvalue weighted by molar-refractivity contribution is 0.556. The van der Waals surface area contributed by atoms with Gasteiger partial charge in [-0.2, -0.15) is 0 Å². The van der Waals surface area contributed by atoms with Crippen LogP contribution in [-0.2, 0) is 0 Å². The minimum Gasteiger partial charge on any atom is -0.465 e. The van der Waals surface area contributed by atoms with Crippen molar-refractivity contribution in [3.05, 3.63) is 30.2 Å². The zero-order valence-electron chi connectivity index (χ0n) is 6.87. The third-order valence-electron chi connectivity index (χ3n) is 1.55. The standard InChI is InChI=1S/C9H13NO/c1-8(10-2)5-6-9-4-3-7-11-9/h3-8,10H,1-2H3/b6-5+. The van der Waals surface area contributed by atoms with Crippen LogP contribution in [0.5, 0.6) is 0 Å². The summed E-state index contributed by atoms with van der Waals surface area (Å²) in [6, 6.07) is 4.20. The zero-order chi connectivity index (χ0) is 8.10. The van der Waals surface area contributed by atoms with E-state index in [1.54, 1.807) is 6.26 Å². The van der Waals surface area contributed by atoms with Gasteiger partial charge in [0, 0.05) is 6.04 Å². The van der Waals surface area contributed by atoms with Crippen LogP contribution in [0.4, 0.5) is 0 Å². The maximum Gasteiger partial charge on any atom is 0.126 e. The summed E-state index contributed by atoms with van der Waals surface area (Å²) < 4.78 is 5.11. The molecule has 2 nitrogen and oxygen atoms in total. The Bertz CT molecular complexity index is 213. The van der Waals surface area contributed by atoms with Crippen LogP contribution in [0.2, 0.25) is 0 Å². The number of likely N-dealkylation sites (N-methyl/N-ethyl adjacent to an activating group) is 1. The molecule has 1 unspecified atom stereocenters. The fraction of sp³-hybridized carbons (Fsp3) is 0.333. The lowest BCUT2D eigenvalue weighted by Gasteiger charge is -2.00. The molecular formula is C9H13NO. The molecule has 0 aromatic carbocycles. The average molecular weight is 151 g/mol. The molecule has 0 aliphatic heterocycles. The highest BCUT2D eigenvalue weighted by Gasteiger charge is 1.90. The van der Waals surface area contributed by atoms with Crippen molar-refractivity contribution in [3.8, 4) is 0 Å². The summed E-state index contributed by atoms with van der Waals surface area (Å²) in [6.07, 6.45) is 5.68. The van der Waals surface area contributed by atoms with Crippen LogP contribution in [0, 0.1) is 0 Å². The second kappa shape index (κ2) is 3.98. The van der Waals surface area contributed by atoms with Gasteiger partial charge >= 0.3 is 0 Å². The number of hydrogen-bond donors (Lipinski definition) is 1. The van der Waals surface area contributed by atoms with Crippen LogP contribution in [-0.4, -0.2) is 13.1 Å². The Morgan fingerprint density at radius 1 is 1.64 bits per heavy atom. The molecule has 1 N–H and O–H groups in total. The molecule has 0 aliphatic carbocycles. The Kier molecular flexibility index (Phi) is 2.93. The maximum absolute atomic E-state index is 5.11. The SMILES string of the molecule is CNC(C)/C=C/c1ccco1. The van der Waals surface area contributed by atoms with Crippen molar-refractivity contribution >= 4 is 6.08 Å². The first-order chi connectivity index (χ1) is 5.33. The van der Waals surface area contributed by atoms with E-state index in [9.17, 15) is 0 Å². The Balaban J connectivity index is 2.48. The molecular weight excluding hydrogens is 138 g/mol. The molecule has 0 spiro atoms. The van der Waals surface area contributed by atoms with Crippen molar-refractivity contribution in [2.75, 3.05) is 7.05 Å². The van der Waals surface area contributed by atoms with Crippen molar-refractivity contribution in [3.63, 3.8) is 0 Å². The predicted octanol–water partition coefficient (Wildman–Crippen LogP) is 1.90. The van der Waals surface area contributed by atoms with Gasteiger partial charge in [0.2, 0.25) is 0 Å². The summed E-state index contributed by atoms with van der Waals surface area (Å²) in [5.74, 6) is 0.895. The molecule has 1 heterocycles. The number of rotatable bonds is 3. The third kappa shape index (κ3) is 2.60. The summed E-state index contributed by atoms with van der Waals surface area (Å²) in [6.45, 7) is 2.08. The van der Waals surface area contributed by atoms with E-state index < -0.39 is 0 Å². The van der Waals surface area contributed by atoms with Gasteiger partial charge in [-0.25, -0.2) is 0 Å². The minimum absolute atomic E-state index is 0.389. The van der Waals surface area contributed by atoms with Crippen molar-refractivity contribution in [1.82, 2.24) is 5.32 Å². The molecule has 1 rings (SSSR count).